The van der Waals surface area contributed by atoms with Crippen LogP contribution in [0.4, 0.5) is 0 Å². The molecule has 0 fully saturated rings. The molecule has 0 saturated heterocycles. The maximum Gasteiger partial charge on any atom is 0.191 e. The predicted molar refractivity (Wildman–Crippen MR) is 99.6 cm³/mol. The number of pyridine rings is 1. The zero-order valence-electron chi connectivity index (χ0n) is 14.5. The summed E-state index contributed by atoms with van der Waals surface area (Å²) in [6.07, 6.45) is 7.16. The lowest BCUT2D eigenvalue weighted by atomic mass is 10.1. The number of benzene rings is 1. The second-order valence-corrected chi connectivity index (χ2v) is 5.76. The molecule has 3 aromatic rings. The number of nitrogens with zero attached hydrogens (tertiary/aromatic N) is 4. The first-order chi connectivity index (χ1) is 12.2. The van der Waals surface area contributed by atoms with E-state index in [0.717, 1.165) is 23.9 Å². The van der Waals surface area contributed by atoms with Crippen molar-refractivity contribution in [2.24, 2.45) is 4.99 Å². The Bertz CT molecular complexity index is 839. The monoisotopic (exact) mass is 334 g/mol. The highest BCUT2D eigenvalue weighted by Crippen LogP contribution is 2.07. The van der Waals surface area contributed by atoms with Crippen molar-refractivity contribution in [1.82, 2.24) is 25.2 Å². The Hall–Kier alpha value is -3.15. The Morgan fingerprint density at radius 1 is 1.08 bits per heavy atom. The van der Waals surface area contributed by atoms with Crippen LogP contribution in [-0.4, -0.2) is 27.5 Å². The summed E-state index contributed by atoms with van der Waals surface area (Å²) in [6.45, 7) is 3.49. The van der Waals surface area contributed by atoms with Gasteiger partial charge in [0.15, 0.2) is 5.96 Å². The molecule has 0 aliphatic rings. The lowest BCUT2D eigenvalue weighted by Crippen LogP contribution is -2.36. The topological polar surface area (TPSA) is 67.1 Å². The summed E-state index contributed by atoms with van der Waals surface area (Å²) in [4.78, 5) is 12.7. The molecule has 2 heterocycles. The quantitative estimate of drug-likeness (QED) is 0.555. The molecular formula is C19H22N6. The largest absolute Gasteiger partial charge is 0.352 e. The minimum Gasteiger partial charge on any atom is -0.352 e. The minimum atomic E-state index is 0.664. The van der Waals surface area contributed by atoms with E-state index >= 15 is 0 Å². The molecule has 2 N–H and O–H groups in total. The summed E-state index contributed by atoms with van der Waals surface area (Å²) in [6, 6.07) is 12.5. The number of nitrogens with one attached hydrogen (secondary N) is 2. The van der Waals surface area contributed by atoms with E-state index in [1.807, 2.05) is 22.9 Å². The van der Waals surface area contributed by atoms with Crippen LogP contribution >= 0.6 is 0 Å². The Labute approximate surface area is 147 Å². The first-order valence-corrected chi connectivity index (χ1v) is 8.18. The number of imidazole rings is 1. The van der Waals surface area contributed by atoms with E-state index in [1.54, 1.807) is 25.8 Å². The fourth-order valence-electron chi connectivity index (χ4n) is 2.52. The highest BCUT2D eigenvalue weighted by atomic mass is 15.2. The molecule has 0 atom stereocenters. The van der Waals surface area contributed by atoms with Gasteiger partial charge in [-0.05, 0) is 30.2 Å². The van der Waals surface area contributed by atoms with E-state index in [2.05, 4.69) is 56.8 Å². The van der Waals surface area contributed by atoms with Crippen molar-refractivity contribution in [3.05, 3.63) is 78.0 Å². The number of guanidine groups is 1. The molecule has 0 unspecified atom stereocenters. The summed E-state index contributed by atoms with van der Waals surface area (Å²) < 4.78 is 1.88. The third-order valence-electron chi connectivity index (χ3n) is 3.80. The van der Waals surface area contributed by atoms with E-state index in [-0.39, 0.29) is 0 Å². The van der Waals surface area contributed by atoms with E-state index in [0.29, 0.717) is 6.54 Å². The van der Waals surface area contributed by atoms with Crippen molar-refractivity contribution in [2.75, 3.05) is 7.05 Å². The molecule has 0 saturated carbocycles. The molecule has 6 nitrogen and oxygen atoms in total. The highest BCUT2D eigenvalue weighted by molar-refractivity contribution is 5.79. The number of aromatic nitrogens is 3. The zero-order valence-corrected chi connectivity index (χ0v) is 14.5. The molecule has 0 radical (unpaired) electrons. The molecule has 0 aliphatic heterocycles. The van der Waals surface area contributed by atoms with E-state index < -0.39 is 0 Å². The molecule has 3 rings (SSSR count). The van der Waals surface area contributed by atoms with Crippen LogP contribution in [0.2, 0.25) is 0 Å². The summed E-state index contributed by atoms with van der Waals surface area (Å²) in [5, 5.41) is 6.66. The first-order valence-electron chi connectivity index (χ1n) is 8.18. The summed E-state index contributed by atoms with van der Waals surface area (Å²) in [5.41, 5.74) is 3.61. The average Bonchev–Trinajstić information content (AvgIpc) is 3.17. The number of hydrogen-bond donors (Lipinski definition) is 2. The molecule has 0 amide bonds. The number of aryl methyl sites for hydroxylation is 1. The molecule has 0 bridgehead atoms. The second-order valence-electron chi connectivity index (χ2n) is 5.76. The Balaban J connectivity index is 1.57. The second kappa shape index (κ2) is 8.10. The third-order valence-corrected chi connectivity index (χ3v) is 3.80. The van der Waals surface area contributed by atoms with Gasteiger partial charge >= 0.3 is 0 Å². The Morgan fingerprint density at radius 3 is 2.56 bits per heavy atom. The summed E-state index contributed by atoms with van der Waals surface area (Å²) in [5.74, 6) is 1.61. The lowest BCUT2D eigenvalue weighted by molar-refractivity contribution is 0.806. The fourth-order valence-corrected chi connectivity index (χ4v) is 2.52. The van der Waals surface area contributed by atoms with E-state index in [1.165, 1.54) is 11.1 Å². The molecular weight excluding hydrogens is 312 g/mol. The molecule has 128 valence electrons. The predicted octanol–water partition coefficient (Wildman–Crippen LogP) is 2.44. The zero-order chi connectivity index (χ0) is 17.5. The van der Waals surface area contributed by atoms with Gasteiger partial charge in [0, 0.05) is 38.7 Å². The highest BCUT2D eigenvalue weighted by Gasteiger charge is 2.02. The van der Waals surface area contributed by atoms with Gasteiger partial charge in [0.2, 0.25) is 0 Å². The summed E-state index contributed by atoms with van der Waals surface area (Å²) >= 11 is 0. The van der Waals surface area contributed by atoms with Crippen LogP contribution in [-0.2, 0) is 13.1 Å². The number of hydrogen-bond acceptors (Lipinski definition) is 3. The van der Waals surface area contributed by atoms with Gasteiger partial charge < -0.3 is 10.6 Å². The fraction of sp³-hybridized carbons (Fsp3) is 0.211. The molecule has 2 aromatic heterocycles. The van der Waals surface area contributed by atoms with E-state index in [9.17, 15) is 0 Å². The molecule has 0 aliphatic carbocycles. The van der Waals surface area contributed by atoms with Crippen molar-refractivity contribution in [3.8, 4) is 5.82 Å². The minimum absolute atomic E-state index is 0.664. The maximum absolute atomic E-state index is 4.36. The molecule has 1 aromatic carbocycles. The van der Waals surface area contributed by atoms with Crippen LogP contribution in [0.3, 0.4) is 0 Å². The van der Waals surface area contributed by atoms with Gasteiger partial charge in [0.05, 0.1) is 0 Å². The first kappa shape index (κ1) is 16.7. The Morgan fingerprint density at radius 2 is 1.88 bits per heavy atom. The maximum atomic E-state index is 4.36. The number of aliphatic imine (C=N–C) groups is 1. The Kier molecular flexibility index (Phi) is 5.41. The average molecular weight is 334 g/mol. The van der Waals surface area contributed by atoms with Crippen molar-refractivity contribution < 1.29 is 0 Å². The van der Waals surface area contributed by atoms with Gasteiger partial charge in [-0.15, -0.1) is 0 Å². The van der Waals surface area contributed by atoms with Crippen LogP contribution in [0.25, 0.3) is 5.82 Å². The van der Waals surface area contributed by atoms with Crippen LogP contribution in [0.5, 0.6) is 0 Å². The lowest BCUT2D eigenvalue weighted by Gasteiger charge is -2.13. The smallest absolute Gasteiger partial charge is 0.191 e. The van der Waals surface area contributed by atoms with Gasteiger partial charge in [-0.1, -0.05) is 29.8 Å². The van der Waals surface area contributed by atoms with Gasteiger partial charge in [-0.25, -0.2) is 9.97 Å². The van der Waals surface area contributed by atoms with Crippen molar-refractivity contribution in [3.63, 3.8) is 0 Å². The standard InChI is InChI=1S/C19H22N6/c1-15-4-3-5-16(10-15)12-23-19(20-2)24-13-17-6-7-22-18(11-17)25-9-8-21-14-25/h3-11,14H,12-13H2,1-2H3,(H2,20,23,24). The van der Waals surface area contributed by atoms with Gasteiger partial charge in [-0.3, -0.25) is 9.56 Å². The third kappa shape index (κ3) is 4.67. The van der Waals surface area contributed by atoms with Crippen molar-refractivity contribution in [1.29, 1.82) is 0 Å². The van der Waals surface area contributed by atoms with Crippen LogP contribution in [0.1, 0.15) is 16.7 Å². The van der Waals surface area contributed by atoms with Gasteiger partial charge in [0.25, 0.3) is 0 Å². The molecule has 6 heteroatoms. The van der Waals surface area contributed by atoms with Gasteiger partial charge in [-0.2, -0.15) is 0 Å². The summed E-state index contributed by atoms with van der Waals surface area (Å²) in [7, 11) is 1.77. The van der Waals surface area contributed by atoms with Crippen molar-refractivity contribution >= 4 is 5.96 Å². The van der Waals surface area contributed by atoms with Crippen LogP contribution in [0.15, 0.2) is 66.3 Å². The van der Waals surface area contributed by atoms with Crippen LogP contribution in [0, 0.1) is 6.92 Å². The number of rotatable bonds is 5. The normalized spacial score (nSPS) is 11.4. The van der Waals surface area contributed by atoms with Gasteiger partial charge in [0.1, 0.15) is 12.1 Å². The van der Waals surface area contributed by atoms with Crippen LogP contribution < -0.4 is 10.6 Å². The van der Waals surface area contributed by atoms with Crippen molar-refractivity contribution in [2.45, 2.75) is 20.0 Å². The van der Waals surface area contributed by atoms with E-state index in [4.69, 9.17) is 0 Å². The molecule has 25 heavy (non-hydrogen) atoms. The molecule has 0 spiro atoms. The SMILES string of the molecule is CN=C(NCc1cccc(C)c1)NCc1ccnc(-n2ccnc2)c1.